The third kappa shape index (κ3) is 3.26. The molecule has 0 amide bonds. The summed E-state index contributed by atoms with van der Waals surface area (Å²) in [6.07, 6.45) is -4.58. The van der Waals surface area contributed by atoms with Crippen LogP contribution in [0.3, 0.4) is 0 Å². The first-order valence-corrected chi connectivity index (χ1v) is 6.38. The van der Waals surface area contributed by atoms with Crippen LogP contribution in [0.5, 0.6) is 0 Å². The number of carbonyl (C=O) groups is 1. The second kappa shape index (κ2) is 6.76. The quantitative estimate of drug-likeness (QED) is 0.407. The number of ether oxygens (including phenoxy) is 2. The van der Waals surface area contributed by atoms with Crippen LogP contribution in [-0.4, -0.2) is 79.6 Å². The molecule has 0 spiro atoms. The number of aliphatic hydroxyl groups excluding tert-OH is 3. The number of rotatable bonds is 6. The third-order valence-corrected chi connectivity index (χ3v) is 2.95. The Bertz CT molecular complexity index is 482. The number of anilines is 1. The zero-order chi connectivity index (χ0) is 15.4. The second-order valence-corrected chi connectivity index (χ2v) is 4.33. The predicted molar refractivity (Wildman–Crippen MR) is 65.9 cm³/mol. The highest BCUT2D eigenvalue weighted by atomic mass is 16.6. The first-order valence-electron chi connectivity index (χ1n) is 6.38. The van der Waals surface area contributed by atoms with Crippen molar-refractivity contribution in [1.82, 2.24) is 20.2 Å². The maximum atomic E-state index is 11.3. The van der Waals surface area contributed by atoms with Crippen LogP contribution in [0.1, 0.15) is 13.2 Å². The fourth-order valence-electron chi connectivity index (χ4n) is 1.93. The molecule has 11 nitrogen and oxygen atoms in total. The van der Waals surface area contributed by atoms with Gasteiger partial charge in [0, 0.05) is 0 Å². The van der Waals surface area contributed by atoms with Crippen LogP contribution < -0.4 is 5.32 Å². The molecule has 0 aliphatic carbocycles. The minimum absolute atomic E-state index is 0.0675. The van der Waals surface area contributed by atoms with Crippen molar-refractivity contribution in [3.05, 3.63) is 0 Å². The van der Waals surface area contributed by atoms with Crippen LogP contribution in [0.15, 0.2) is 0 Å². The van der Waals surface area contributed by atoms with Gasteiger partial charge in [0.25, 0.3) is 0 Å². The van der Waals surface area contributed by atoms with Crippen LogP contribution in [0.2, 0.25) is 0 Å². The number of tetrazole rings is 1. The molecule has 0 unspecified atom stereocenters. The van der Waals surface area contributed by atoms with Crippen LogP contribution >= 0.6 is 0 Å². The first kappa shape index (κ1) is 15.6. The van der Waals surface area contributed by atoms with Crippen LogP contribution in [0.4, 0.5) is 5.95 Å². The molecule has 4 atom stereocenters. The van der Waals surface area contributed by atoms with Crippen molar-refractivity contribution in [2.45, 2.75) is 31.5 Å². The monoisotopic (exact) mass is 303 g/mol. The fourth-order valence-corrected chi connectivity index (χ4v) is 1.93. The summed E-state index contributed by atoms with van der Waals surface area (Å²) in [4.78, 5) is 11.3. The highest BCUT2D eigenvalue weighted by molar-refractivity contribution is 5.74. The summed E-state index contributed by atoms with van der Waals surface area (Å²) in [5.74, 6) is -0.425. The topological polar surface area (TPSA) is 152 Å². The zero-order valence-corrected chi connectivity index (χ0v) is 11.3. The lowest BCUT2D eigenvalue weighted by Gasteiger charge is -2.16. The van der Waals surface area contributed by atoms with E-state index in [0.717, 1.165) is 4.68 Å². The van der Waals surface area contributed by atoms with Gasteiger partial charge in [-0.25, -0.2) is 0 Å². The van der Waals surface area contributed by atoms with Crippen LogP contribution in [-0.2, 0) is 14.3 Å². The van der Waals surface area contributed by atoms with Gasteiger partial charge in [-0.1, -0.05) is 5.10 Å². The molecule has 1 aromatic rings. The van der Waals surface area contributed by atoms with E-state index >= 15 is 0 Å². The Morgan fingerprint density at radius 1 is 1.48 bits per heavy atom. The Balaban J connectivity index is 2.05. The molecular weight excluding hydrogens is 286 g/mol. The number of carbonyl (C=O) groups excluding carboxylic acids is 1. The van der Waals surface area contributed by atoms with E-state index in [9.17, 15) is 15.0 Å². The Kier molecular flexibility index (Phi) is 5.01. The van der Waals surface area contributed by atoms with Crippen molar-refractivity contribution in [2.75, 3.05) is 25.1 Å². The summed E-state index contributed by atoms with van der Waals surface area (Å²) in [5, 5.41) is 42.0. The molecule has 0 saturated carbocycles. The van der Waals surface area contributed by atoms with Gasteiger partial charge in [0.2, 0.25) is 5.95 Å². The van der Waals surface area contributed by atoms with Crippen molar-refractivity contribution in [1.29, 1.82) is 0 Å². The van der Waals surface area contributed by atoms with Gasteiger partial charge >= 0.3 is 5.97 Å². The van der Waals surface area contributed by atoms with E-state index in [2.05, 4.69) is 20.8 Å². The molecule has 0 aromatic carbocycles. The second-order valence-electron chi connectivity index (χ2n) is 4.33. The average molecular weight is 303 g/mol. The molecule has 4 N–H and O–H groups in total. The van der Waals surface area contributed by atoms with Gasteiger partial charge < -0.3 is 30.1 Å². The van der Waals surface area contributed by atoms with Crippen molar-refractivity contribution in [3.8, 4) is 0 Å². The van der Waals surface area contributed by atoms with E-state index in [-0.39, 0.29) is 19.1 Å². The van der Waals surface area contributed by atoms with E-state index in [4.69, 9.17) is 14.6 Å². The Morgan fingerprint density at radius 3 is 2.86 bits per heavy atom. The van der Waals surface area contributed by atoms with Crippen molar-refractivity contribution in [2.24, 2.45) is 0 Å². The standard InChI is InChI=1S/C10H17N5O6/c1-2-20-6(17)3-11-10-12-13-14-15(10)9-8(19)7(18)5(4-16)21-9/h5,7-9,16,18-19H,2-4H2,1H3,(H,11,12,14)/t5-,7+,8-,9+/m0/s1. The fraction of sp³-hybridized carbons (Fsp3) is 0.800. The third-order valence-electron chi connectivity index (χ3n) is 2.95. The number of aliphatic hydroxyl groups is 3. The minimum Gasteiger partial charge on any atom is -0.465 e. The minimum atomic E-state index is -1.31. The van der Waals surface area contributed by atoms with Crippen molar-refractivity contribution in [3.63, 3.8) is 0 Å². The Morgan fingerprint density at radius 2 is 2.24 bits per heavy atom. The van der Waals surface area contributed by atoms with Gasteiger partial charge in [0.05, 0.1) is 13.2 Å². The molecule has 2 heterocycles. The summed E-state index contributed by atoms with van der Waals surface area (Å²) in [6.45, 7) is 1.31. The number of hydrogen-bond acceptors (Lipinski definition) is 10. The summed E-state index contributed by atoms with van der Waals surface area (Å²) in [6, 6.07) is 0. The van der Waals surface area contributed by atoms with Gasteiger partial charge in [-0.05, 0) is 17.4 Å². The average Bonchev–Trinajstić information content (AvgIpc) is 3.03. The lowest BCUT2D eigenvalue weighted by molar-refractivity contribution is -0.140. The largest absolute Gasteiger partial charge is 0.465 e. The van der Waals surface area contributed by atoms with Crippen LogP contribution in [0.25, 0.3) is 0 Å². The van der Waals surface area contributed by atoms with E-state index < -0.39 is 37.1 Å². The molecule has 1 saturated heterocycles. The van der Waals surface area contributed by atoms with E-state index in [1.807, 2.05) is 0 Å². The van der Waals surface area contributed by atoms with Gasteiger partial charge in [0.15, 0.2) is 6.23 Å². The highest BCUT2D eigenvalue weighted by Gasteiger charge is 2.44. The number of nitrogens with one attached hydrogen (secondary N) is 1. The summed E-state index contributed by atoms with van der Waals surface area (Å²) >= 11 is 0. The number of hydrogen-bond donors (Lipinski definition) is 4. The van der Waals surface area contributed by atoms with Gasteiger partial charge in [-0.15, -0.1) is 0 Å². The molecule has 1 aromatic heterocycles. The maximum Gasteiger partial charge on any atom is 0.325 e. The zero-order valence-electron chi connectivity index (χ0n) is 11.3. The molecule has 2 rings (SSSR count). The van der Waals surface area contributed by atoms with Gasteiger partial charge in [-0.2, -0.15) is 4.68 Å². The highest BCUT2D eigenvalue weighted by Crippen LogP contribution is 2.29. The Labute approximate surface area is 119 Å². The van der Waals surface area contributed by atoms with Crippen molar-refractivity contribution < 1.29 is 29.6 Å². The molecule has 0 radical (unpaired) electrons. The van der Waals surface area contributed by atoms with E-state index in [0.29, 0.717) is 0 Å². The first-order chi connectivity index (χ1) is 10.1. The molecule has 1 aliphatic rings. The summed E-state index contributed by atoms with van der Waals surface area (Å²) in [5.41, 5.74) is 0. The molecule has 1 aliphatic heterocycles. The van der Waals surface area contributed by atoms with Crippen LogP contribution in [0, 0.1) is 0 Å². The number of aromatic nitrogens is 4. The van der Waals surface area contributed by atoms with Crippen molar-refractivity contribution >= 4 is 11.9 Å². The normalized spacial score (nSPS) is 28.6. The summed E-state index contributed by atoms with van der Waals surface area (Å²) in [7, 11) is 0. The number of nitrogens with zero attached hydrogens (tertiary/aromatic N) is 4. The Hall–Kier alpha value is -1.82. The molecule has 21 heavy (non-hydrogen) atoms. The molecule has 1 fully saturated rings. The van der Waals surface area contributed by atoms with Gasteiger partial charge in [-0.3, -0.25) is 4.79 Å². The molecule has 11 heteroatoms. The van der Waals surface area contributed by atoms with E-state index in [1.54, 1.807) is 6.92 Å². The maximum absolute atomic E-state index is 11.3. The summed E-state index contributed by atoms with van der Waals surface area (Å²) < 4.78 is 11.1. The molecule has 118 valence electrons. The van der Waals surface area contributed by atoms with E-state index in [1.165, 1.54) is 0 Å². The lowest BCUT2D eigenvalue weighted by Crippen LogP contribution is -2.33. The molecule has 0 bridgehead atoms. The molecular formula is C10H17N5O6. The van der Waals surface area contributed by atoms with Gasteiger partial charge in [0.1, 0.15) is 24.9 Å². The SMILES string of the molecule is CCOC(=O)CNc1nnnn1[C@@H]1O[C@@H](CO)[C@@H](O)[C@@H]1O. The predicted octanol–water partition coefficient (Wildman–Crippen LogP) is -2.74. The number of esters is 1. The lowest BCUT2D eigenvalue weighted by atomic mass is 10.1. The smallest absolute Gasteiger partial charge is 0.325 e.